The fourth-order valence-electron chi connectivity index (χ4n) is 0.995. The van der Waals surface area contributed by atoms with Crippen molar-refractivity contribution in [3.8, 4) is 5.75 Å². The summed E-state index contributed by atoms with van der Waals surface area (Å²) in [6, 6.07) is 6.76. The van der Waals surface area contributed by atoms with Crippen molar-refractivity contribution in [2.45, 2.75) is 13.5 Å². The van der Waals surface area contributed by atoms with E-state index in [1.54, 1.807) is 24.3 Å². The molecule has 4 heteroatoms. The Morgan fingerprint density at radius 2 is 2.36 bits per heavy atom. The summed E-state index contributed by atoms with van der Waals surface area (Å²) in [4.78, 5) is 11.0. The largest absolute Gasteiger partial charge is 0.412 e. The van der Waals surface area contributed by atoms with Crippen molar-refractivity contribution in [3.05, 3.63) is 29.8 Å². The van der Waals surface area contributed by atoms with E-state index in [1.807, 2.05) is 6.92 Å². The fourth-order valence-corrected chi connectivity index (χ4v) is 0.995. The summed E-state index contributed by atoms with van der Waals surface area (Å²) in [6.07, 6.45) is -0.484. The third-order valence-corrected chi connectivity index (χ3v) is 1.61. The molecule has 0 radical (unpaired) electrons. The van der Waals surface area contributed by atoms with E-state index < -0.39 is 6.09 Å². The molecule has 76 valence electrons. The zero-order chi connectivity index (χ0) is 10.4. The van der Waals surface area contributed by atoms with Gasteiger partial charge in [-0.2, -0.15) is 0 Å². The number of amides is 1. The Morgan fingerprint density at radius 3 is 3.00 bits per heavy atom. The first-order chi connectivity index (χ1) is 6.76. The Balaban J connectivity index is 2.62. The van der Waals surface area contributed by atoms with Crippen molar-refractivity contribution in [3.63, 3.8) is 0 Å². The number of carbonyl (C=O) groups is 1. The number of aliphatic hydroxyl groups excluding tert-OH is 1. The second-order valence-corrected chi connectivity index (χ2v) is 2.73. The van der Waals surface area contributed by atoms with Gasteiger partial charge in [-0.25, -0.2) is 4.79 Å². The van der Waals surface area contributed by atoms with Gasteiger partial charge in [-0.15, -0.1) is 0 Å². The van der Waals surface area contributed by atoms with E-state index in [0.717, 1.165) is 0 Å². The van der Waals surface area contributed by atoms with Gasteiger partial charge in [-0.1, -0.05) is 12.1 Å². The number of carbonyl (C=O) groups excluding carboxylic acids is 1. The predicted octanol–water partition coefficient (Wildman–Crippen LogP) is 1.29. The Labute approximate surface area is 82.5 Å². The molecule has 14 heavy (non-hydrogen) atoms. The third kappa shape index (κ3) is 3.06. The van der Waals surface area contributed by atoms with E-state index in [4.69, 9.17) is 9.84 Å². The smallest absolute Gasteiger partial charge is 0.410 e. The molecule has 0 saturated carbocycles. The van der Waals surface area contributed by atoms with Gasteiger partial charge < -0.3 is 15.2 Å². The number of hydrogen-bond donors (Lipinski definition) is 2. The van der Waals surface area contributed by atoms with Crippen molar-refractivity contribution >= 4 is 6.09 Å². The van der Waals surface area contributed by atoms with E-state index in [2.05, 4.69) is 5.32 Å². The Hall–Kier alpha value is -1.55. The number of rotatable bonds is 3. The maximum absolute atomic E-state index is 11.0. The van der Waals surface area contributed by atoms with Crippen LogP contribution in [0.25, 0.3) is 0 Å². The third-order valence-electron chi connectivity index (χ3n) is 1.61. The molecule has 1 rings (SSSR count). The highest BCUT2D eigenvalue weighted by atomic mass is 16.6. The SMILES string of the molecule is CCNC(=O)Oc1cccc(CO)c1. The van der Waals surface area contributed by atoms with Crippen molar-refractivity contribution in [1.82, 2.24) is 5.32 Å². The van der Waals surface area contributed by atoms with E-state index in [1.165, 1.54) is 0 Å². The zero-order valence-corrected chi connectivity index (χ0v) is 7.99. The summed E-state index contributed by atoms with van der Waals surface area (Å²) in [5.41, 5.74) is 0.715. The minimum absolute atomic E-state index is 0.0629. The summed E-state index contributed by atoms with van der Waals surface area (Å²) in [6.45, 7) is 2.27. The monoisotopic (exact) mass is 195 g/mol. The van der Waals surface area contributed by atoms with Crippen LogP contribution in [0.15, 0.2) is 24.3 Å². The molecule has 1 aromatic rings. The molecule has 2 N–H and O–H groups in total. The van der Waals surface area contributed by atoms with Crippen LogP contribution in [0.1, 0.15) is 12.5 Å². The van der Waals surface area contributed by atoms with Gasteiger partial charge in [0, 0.05) is 6.54 Å². The van der Waals surface area contributed by atoms with Crippen LogP contribution in [-0.2, 0) is 6.61 Å². The second-order valence-electron chi connectivity index (χ2n) is 2.73. The van der Waals surface area contributed by atoms with Crippen LogP contribution in [-0.4, -0.2) is 17.7 Å². The number of aliphatic hydroxyl groups is 1. The maximum atomic E-state index is 11.0. The molecule has 1 aromatic carbocycles. The number of ether oxygens (including phenoxy) is 1. The summed E-state index contributed by atoms with van der Waals surface area (Å²) in [5.74, 6) is 0.433. The minimum atomic E-state index is -0.484. The molecule has 1 amide bonds. The van der Waals surface area contributed by atoms with E-state index in [-0.39, 0.29) is 6.61 Å². The normalized spacial score (nSPS) is 9.57. The van der Waals surface area contributed by atoms with Crippen molar-refractivity contribution < 1.29 is 14.6 Å². The molecule has 0 aliphatic rings. The molecule has 0 heterocycles. The van der Waals surface area contributed by atoms with Crippen LogP contribution in [0.3, 0.4) is 0 Å². The lowest BCUT2D eigenvalue weighted by Crippen LogP contribution is -2.26. The van der Waals surface area contributed by atoms with Crippen LogP contribution < -0.4 is 10.1 Å². The first-order valence-corrected chi connectivity index (χ1v) is 4.41. The Morgan fingerprint density at radius 1 is 1.57 bits per heavy atom. The lowest BCUT2D eigenvalue weighted by molar-refractivity contribution is 0.201. The Bertz CT molecular complexity index is 312. The van der Waals surface area contributed by atoms with Gasteiger partial charge in [0.15, 0.2) is 0 Å². The zero-order valence-electron chi connectivity index (χ0n) is 7.99. The van der Waals surface area contributed by atoms with Crippen molar-refractivity contribution in [2.75, 3.05) is 6.54 Å². The van der Waals surface area contributed by atoms with Crippen molar-refractivity contribution in [1.29, 1.82) is 0 Å². The average Bonchev–Trinajstić information content (AvgIpc) is 2.18. The molecule has 0 saturated heterocycles. The summed E-state index contributed by atoms with van der Waals surface area (Å²) in [5, 5.41) is 11.4. The molecule has 0 aliphatic carbocycles. The number of hydrogen-bond acceptors (Lipinski definition) is 3. The maximum Gasteiger partial charge on any atom is 0.412 e. The summed E-state index contributed by atoms with van der Waals surface area (Å²) in [7, 11) is 0. The van der Waals surface area contributed by atoms with E-state index >= 15 is 0 Å². The molecule has 4 nitrogen and oxygen atoms in total. The summed E-state index contributed by atoms with van der Waals surface area (Å²) < 4.78 is 4.94. The summed E-state index contributed by atoms with van der Waals surface area (Å²) >= 11 is 0. The second kappa shape index (κ2) is 5.24. The fraction of sp³-hybridized carbons (Fsp3) is 0.300. The molecule has 0 fully saturated rings. The van der Waals surface area contributed by atoms with Crippen LogP contribution >= 0.6 is 0 Å². The van der Waals surface area contributed by atoms with Gasteiger partial charge in [0.1, 0.15) is 5.75 Å². The predicted molar refractivity (Wildman–Crippen MR) is 52.1 cm³/mol. The minimum Gasteiger partial charge on any atom is -0.410 e. The van der Waals surface area contributed by atoms with Crippen LogP contribution in [0, 0.1) is 0 Å². The van der Waals surface area contributed by atoms with Gasteiger partial charge in [-0.3, -0.25) is 0 Å². The quantitative estimate of drug-likeness (QED) is 0.764. The molecular formula is C10H13NO3. The molecular weight excluding hydrogens is 182 g/mol. The van der Waals surface area contributed by atoms with Gasteiger partial charge >= 0.3 is 6.09 Å². The van der Waals surface area contributed by atoms with Gasteiger partial charge in [0.05, 0.1) is 6.61 Å². The lowest BCUT2D eigenvalue weighted by Gasteiger charge is -2.05. The molecule has 0 aliphatic heterocycles. The highest BCUT2D eigenvalue weighted by molar-refractivity contribution is 5.70. The molecule has 0 unspecified atom stereocenters. The van der Waals surface area contributed by atoms with Crippen LogP contribution in [0.2, 0.25) is 0 Å². The molecule has 0 atom stereocenters. The number of benzene rings is 1. The molecule has 0 bridgehead atoms. The van der Waals surface area contributed by atoms with Crippen LogP contribution in [0.4, 0.5) is 4.79 Å². The highest BCUT2D eigenvalue weighted by Crippen LogP contribution is 2.13. The van der Waals surface area contributed by atoms with E-state index in [0.29, 0.717) is 17.9 Å². The molecule has 0 spiro atoms. The highest BCUT2D eigenvalue weighted by Gasteiger charge is 2.02. The Kier molecular flexibility index (Phi) is 3.94. The van der Waals surface area contributed by atoms with Gasteiger partial charge in [0.25, 0.3) is 0 Å². The van der Waals surface area contributed by atoms with Crippen molar-refractivity contribution in [2.24, 2.45) is 0 Å². The first kappa shape index (κ1) is 10.5. The lowest BCUT2D eigenvalue weighted by atomic mass is 10.2. The first-order valence-electron chi connectivity index (χ1n) is 4.41. The average molecular weight is 195 g/mol. The standard InChI is InChI=1S/C10H13NO3/c1-2-11-10(13)14-9-5-3-4-8(6-9)7-12/h3-6,12H,2,7H2,1H3,(H,11,13). The van der Waals surface area contributed by atoms with Gasteiger partial charge in [-0.05, 0) is 24.6 Å². The van der Waals surface area contributed by atoms with E-state index in [9.17, 15) is 4.79 Å². The molecule has 0 aromatic heterocycles. The topological polar surface area (TPSA) is 58.6 Å². The van der Waals surface area contributed by atoms with Crippen LogP contribution in [0.5, 0.6) is 5.75 Å². The van der Waals surface area contributed by atoms with Gasteiger partial charge in [0.2, 0.25) is 0 Å². The number of nitrogens with one attached hydrogen (secondary N) is 1.